The minimum Gasteiger partial charge on any atom is -0.267 e. The molecular weight excluding hydrogens is 279 g/mol. The Kier molecular flexibility index (Phi) is 5.33. The normalized spacial score (nSPS) is 18.9. The molecule has 120 valence electrons. The molecule has 1 amide bonds. The summed E-state index contributed by atoms with van der Waals surface area (Å²) in [4.78, 5) is 11.9. The standard InChI is InChI=1S/C18H25FN2O/c1-4-18(2,3)13-9-11-14(12-10-13)20-21-17(22)15-7-5-6-8-16(15)19/h5-8,13H,4,9-12H2,1-3H3,(H,21,22). The van der Waals surface area contributed by atoms with Crippen molar-refractivity contribution in [2.24, 2.45) is 16.4 Å². The zero-order chi connectivity index (χ0) is 16.2. The summed E-state index contributed by atoms with van der Waals surface area (Å²) in [6, 6.07) is 5.95. The molecule has 22 heavy (non-hydrogen) atoms. The molecule has 1 aromatic carbocycles. The Morgan fingerprint density at radius 1 is 1.32 bits per heavy atom. The molecule has 1 saturated carbocycles. The zero-order valence-corrected chi connectivity index (χ0v) is 13.7. The largest absolute Gasteiger partial charge is 0.274 e. The number of hydrogen-bond donors (Lipinski definition) is 1. The van der Waals surface area contributed by atoms with Gasteiger partial charge in [-0.1, -0.05) is 39.3 Å². The maximum absolute atomic E-state index is 13.5. The number of benzene rings is 1. The van der Waals surface area contributed by atoms with E-state index in [1.165, 1.54) is 18.6 Å². The van der Waals surface area contributed by atoms with Crippen molar-refractivity contribution in [3.63, 3.8) is 0 Å². The van der Waals surface area contributed by atoms with Crippen molar-refractivity contribution in [2.45, 2.75) is 52.9 Å². The minimum atomic E-state index is -0.520. The van der Waals surface area contributed by atoms with Gasteiger partial charge in [-0.3, -0.25) is 4.79 Å². The van der Waals surface area contributed by atoms with Gasteiger partial charge < -0.3 is 0 Å². The van der Waals surface area contributed by atoms with E-state index in [4.69, 9.17) is 0 Å². The molecule has 0 aliphatic heterocycles. The summed E-state index contributed by atoms with van der Waals surface area (Å²) in [6.45, 7) is 6.87. The second-order valence-corrected chi connectivity index (χ2v) is 6.72. The van der Waals surface area contributed by atoms with Gasteiger partial charge in [-0.2, -0.15) is 5.10 Å². The maximum atomic E-state index is 13.5. The molecule has 0 spiro atoms. The van der Waals surface area contributed by atoms with E-state index in [2.05, 4.69) is 31.3 Å². The average molecular weight is 304 g/mol. The third kappa shape index (κ3) is 3.93. The van der Waals surface area contributed by atoms with E-state index in [1.54, 1.807) is 12.1 Å². The number of carbonyl (C=O) groups excluding carboxylic acids is 1. The van der Waals surface area contributed by atoms with Crippen LogP contribution in [0.1, 0.15) is 63.2 Å². The summed E-state index contributed by atoms with van der Waals surface area (Å²) in [6.07, 6.45) is 5.20. The highest BCUT2D eigenvalue weighted by Gasteiger charge is 2.30. The molecule has 0 radical (unpaired) electrons. The summed E-state index contributed by atoms with van der Waals surface area (Å²) in [7, 11) is 0. The summed E-state index contributed by atoms with van der Waals surface area (Å²) < 4.78 is 13.5. The second kappa shape index (κ2) is 7.03. The maximum Gasteiger partial charge on any atom is 0.274 e. The topological polar surface area (TPSA) is 41.5 Å². The SMILES string of the molecule is CCC(C)(C)C1CCC(=NNC(=O)c2ccccc2F)CC1. The molecule has 2 rings (SSSR count). The van der Waals surface area contributed by atoms with Gasteiger partial charge in [0.1, 0.15) is 5.82 Å². The molecule has 1 aromatic rings. The Hall–Kier alpha value is -1.71. The Morgan fingerprint density at radius 2 is 1.95 bits per heavy atom. The lowest BCUT2D eigenvalue weighted by Gasteiger charge is -2.36. The first-order chi connectivity index (χ1) is 10.4. The highest BCUT2D eigenvalue weighted by molar-refractivity contribution is 5.95. The number of nitrogens with zero attached hydrogens (tertiary/aromatic N) is 1. The predicted molar refractivity (Wildman–Crippen MR) is 87.3 cm³/mol. The van der Waals surface area contributed by atoms with Gasteiger partial charge in [0.25, 0.3) is 5.91 Å². The van der Waals surface area contributed by atoms with Crippen molar-refractivity contribution >= 4 is 11.6 Å². The monoisotopic (exact) mass is 304 g/mol. The third-order valence-corrected chi connectivity index (χ3v) is 5.01. The Bertz CT molecular complexity index is 556. The Morgan fingerprint density at radius 3 is 2.55 bits per heavy atom. The molecular formula is C18H25FN2O. The number of rotatable bonds is 4. The smallest absolute Gasteiger partial charge is 0.267 e. The first kappa shape index (κ1) is 16.7. The van der Waals surface area contributed by atoms with Gasteiger partial charge in [-0.15, -0.1) is 0 Å². The van der Waals surface area contributed by atoms with Crippen LogP contribution in [0.5, 0.6) is 0 Å². The van der Waals surface area contributed by atoms with Crippen molar-refractivity contribution in [3.8, 4) is 0 Å². The van der Waals surface area contributed by atoms with Crippen LogP contribution in [-0.4, -0.2) is 11.6 Å². The summed E-state index contributed by atoms with van der Waals surface area (Å²) in [5, 5.41) is 4.19. The summed E-state index contributed by atoms with van der Waals surface area (Å²) >= 11 is 0. The second-order valence-electron chi connectivity index (χ2n) is 6.72. The van der Waals surface area contributed by atoms with Crippen LogP contribution in [-0.2, 0) is 0 Å². The molecule has 0 saturated heterocycles. The van der Waals surface area contributed by atoms with Gasteiger partial charge in [0.15, 0.2) is 0 Å². The first-order valence-corrected chi connectivity index (χ1v) is 8.04. The molecule has 1 fully saturated rings. The number of hydrogen-bond acceptors (Lipinski definition) is 2. The van der Waals surface area contributed by atoms with Crippen molar-refractivity contribution in [3.05, 3.63) is 35.6 Å². The highest BCUT2D eigenvalue weighted by atomic mass is 19.1. The van der Waals surface area contributed by atoms with E-state index in [0.717, 1.165) is 31.4 Å². The van der Waals surface area contributed by atoms with E-state index >= 15 is 0 Å². The van der Waals surface area contributed by atoms with Gasteiger partial charge in [-0.05, 0) is 49.1 Å². The van der Waals surface area contributed by atoms with Crippen LogP contribution in [0.15, 0.2) is 29.4 Å². The van der Waals surface area contributed by atoms with E-state index in [-0.39, 0.29) is 5.56 Å². The van der Waals surface area contributed by atoms with Gasteiger partial charge in [-0.25, -0.2) is 9.82 Å². The van der Waals surface area contributed by atoms with Crippen LogP contribution in [0.2, 0.25) is 0 Å². The van der Waals surface area contributed by atoms with E-state index < -0.39 is 11.7 Å². The van der Waals surface area contributed by atoms with Crippen LogP contribution < -0.4 is 5.43 Å². The quantitative estimate of drug-likeness (QED) is 0.815. The lowest BCUT2D eigenvalue weighted by atomic mass is 9.69. The first-order valence-electron chi connectivity index (χ1n) is 8.04. The van der Waals surface area contributed by atoms with Crippen molar-refractivity contribution < 1.29 is 9.18 Å². The predicted octanol–water partition coefficient (Wildman–Crippen LogP) is 4.54. The molecule has 1 N–H and O–H groups in total. The van der Waals surface area contributed by atoms with Crippen molar-refractivity contribution in [1.29, 1.82) is 0 Å². The van der Waals surface area contributed by atoms with E-state index in [0.29, 0.717) is 11.3 Å². The highest BCUT2D eigenvalue weighted by Crippen LogP contribution is 2.39. The van der Waals surface area contributed by atoms with Crippen LogP contribution in [0.25, 0.3) is 0 Å². The van der Waals surface area contributed by atoms with Crippen LogP contribution in [0.3, 0.4) is 0 Å². The molecule has 0 bridgehead atoms. The van der Waals surface area contributed by atoms with Crippen molar-refractivity contribution in [1.82, 2.24) is 5.43 Å². The fourth-order valence-corrected chi connectivity index (χ4v) is 2.97. The zero-order valence-electron chi connectivity index (χ0n) is 13.7. The van der Waals surface area contributed by atoms with Gasteiger partial charge in [0.05, 0.1) is 5.56 Å². The lowest BCUT2D eigenvalue weighted by molar-refractivity contribution is 0.0950. The minimum absolute atomic E-state index is 0.0349. The fourth-order valence-electron chi connectivity index (χ4n) is 2.97. The van der Waals surface area contributed by atoms with E-state index in [1.807, 2.05) is 0 Å². The van der Waals surface area contributed by atoms with E-state index in [9.17, 15) is 9.18 Å². The number of hydrazone groups is 1. The Balaban J connectivity index is 1.91. The molecule has 3 nitrogen and oxygen atoms in total. The lowest BCUT2D eigenvalue weighted by Crippen LogP contribution is -2.29. The molecule has 1 aliphatic rings. The molecule has 0 atom stereocenters. The molecule has 0 aromatic heterocycles. The molecule has 0 unspecified atom stereocenters. The Labute approximate surface area is 132 Å². The van der Waals surface area contributed by atoms with Gasteiger partial charge in [0, 0.05) is 5.71 Å². The van der Waals surface area contributed by atoms with Gasteiger partial charge in [0.2, 0.25) is 0 Å². The molecule has 1 aliphatic carbocycles. The average Bonchev–Trinajstić information content (AvgIpc) is 2.53. The van der Waals surface area contributed by atoms with Crippen molar-refractivity contribution in [2.75, 3.05) is 0 Å². The fraction of sp³-hybridized carbons (Fsp3) is 0.556. The molecule has 0 heterocycles. The van der Waals surface area contributed by atoms with Crippen LogP contribution >= 0.6 is 0 Å². The molecule has 4 heteroatoms. The summed E-state index contributed by atoms with van der Waals surface area (Å²) in [5.74, 6) is -0.297. The number of amides is 1. The number of nitrogens with one attached hydrogen (secondary N) is 1. The summed E-state index contributed by atoms with van der Waals surface area (Å²) in [5.41, 5.74) is 3.89. The number of halogens is 1. The number of carbonyl (C=O) groups is 1. The van der Waals surface area contributed by atoms with Crippen LogP contribution in [0, 0.1) is 17.2 Å². The van der Waals surface area contributed by atoms with Crippen LogP contribution in [0.4, 0.5) is 4.39 Å². The van der Waals surface area contributed by atoms with Gasteiger partial charge >= 0.3 is 0 Å². The third-order valence-electron chi connectivity index (χ3n) is 5.01.